The Labute approximate surface area is 127 Å². The minimum absolute atomic E-state index is 0.557. The van der Waals surface area contributed by atoms with Gasteiger partial charge >= 0.3 is 0 Å². The number of carbonyl (C=O) groups is 1. The van der Waals surface area contributed by atoms with Crippen molar-refractivity contribution in [1.29, 1.82) is 0 Å². The van der Waals surface area contributed by atoms with Crippen LogP contribution in [0.15, 0.2) is 48.7 Å². The van der Waals surface area contributed by atoms with Crippen molar-refractivity contribution in [3.63, 3.8) is 0 Å². The lowest BCUT2D eigenvalue weighted by molar-refractivity contribution is 0.111. The molecule has 0 amide bonds. The third-order valence-electron chi connectivity index (χ3n) is 3.35. The van der Waals surface area contributed by atoms with Gasteiger partial charge in [-0.05, 0) is 29.8 Å². The van der Waals surface area contributed by atoms with Gasteiger partial charge in [-0.15, -0.1) is 0 Å². The van der Waals surface area contributed by atoms with Crippen LogP contribution in [0.1, 0.15) is 16.1 Å². The van der Waals surface area contributed by atoms with Crippen molar-refractivity contribution < 1.29 is 4.79 Å². The van der Waals surface area contributed by atoms with Gasteiger partial charge < -0.3 is 4.90 Å². The van der Waals surface area contributed by atoms with Gasteiger partial charge in [0, 0.05) is 24.8 Å². The number of halogens is 1. The number of hydrogen-bond acceptors (Lipinski definition) is 3. The zero-order chi connectivity index (χ0) is 14.8. The molecule has 3 rings (SSSR count). The molecule has 0 saturated carbocycles. The summed E-state index contributed by atoms with van der Waals surface area (Å²) in [4.78, 5) is 17.9. The van der Waals surface area contributed by atoms with Crippen molar-refractivity contribution in [1.82, 2.24) is 9.38 Å². The molecule has 0 bridgehead atoms. The summed E-state index contributed by atoms with van der Waals surface area (Å²) in [7, 11) is 1.92. The van der Waals surface area contributed by atoms with E-state index in [1.54, 1.807) is 4.40 Å². The predicted molar refractivity (Wildman–Crippen MR) is 84.1 cm³/mol. The van der Waals surface area contributed by atoms with Gasteiger partial charge in [-0.25, -0.2) is 4.98 Å². The third-order valence-corrected chi connectivity index (χ3v) is 3.61. The van der Waals surface area contributed by atoms with Gasteiger partial charge in [-0.1, -0.05) is 29.8 Å². The summed E-state index contributed by atoms with van der Waals surface area (Å²) in [5, 5.41) is 0.711. The number of rotatable bonds is 4. The van der Waals surface area contributed by atoms with E-state index in [9.17, 15) is 4.79 Å². The van der Waals surface area contributed by atoms with E-state index in [0.29, 0.717) is 23.1 Å². The molecule has 0 aliphatic carbocycles. The first-order chi connectivity index (χ1) is 10.2. The minimum atomic E-state index is 0.557. The second-order valence-electron chi connectivity index (χ2n) is 4.85. The number of anilines is 1. The van der Waals surface area contributed by atoms with Crippen LogP contribution in [0.2, 0.25) is 5.02 Å². The Hall–Kier alpha value is -2.33. The first-order valence-electron chi connectivity index (χ1n) is 6.57. The fraction of sp³-hybridized carbons (Fsp3) is 0.125. The van der Waals surface area contributed by atoms with Crippen molar-refractivity contribution in [2.24, 2.45) is 0 Å². The number of pyridine rings is 1. The monoisotopic (exact) mass is 299 g/mol. The highest BCUT2D eigenvalue weighted by Crippen LogP contribution is 2.21. The van der Waals surface area contributed by atoms with E-state index in [1.165, 1.54) is 0 Å². The lowest BCUT2D eigenvalue weighted by atomic mass is 10.2. The fourth-order valence-corrected chi connectivity index (χ4v) is 2.46. The summed E-state index contributed by atoms with van der Waals surface area (Å²) in [5.41, 5.74) is 2.43. The average molecular weight is 300 g/mol. The smallest absolute Gasteiger partial charge is 0.170 e. The summed E-state index contributed by atoms with van der Waals surface area (Å²) >= 11 is 5.89. The van der Waals surface area contributed by atoms with Crippen LogP contribution in [0.25, 0.3) is 5.65 Å². The van der Waals surface area contributed by atoms with Gasteiger partial charge in [0.05, 0.1) is 0 Å². The Morgan fingerprint density at radius 1 is 1.24 bits per heavy atom. The maximum atomic E-state index is 11.4. The zero-order valence-corrected chi connectivity index (χ0v) is 12.3. The average Bonchev–Trinajstić information content (AvgIpc) is 2.88. The molecule has 0 radical (unpaired) electrons. The van der Waals surface area contributed by atoms with Crippen LogP contribution in [0.5, 0.6) is 0 Å². The van der Waals surface area contributed by atoms with Crippen LogP contribution >= 0.6 is 11.6 Å². The number of benzene rings is 1. The molecule has 2 aromatic heterocycles. The Morgan fingerprint density at radius 3 is 2.71 bits per heavy atom. The lowest BCUT2D eigenvalue weighted by Crippen LogP contribution is -2.18. The van der Waals surface area contributed by atoms with E-state index < -0.39 is 0 Å². The maximum Gasteiger partial charge on any atom is 0.170 e. The van der Waals surface area contributed by atoms with Crippen molar-refractivity contribution in [2.45, 2.75) is 6.54 Å². The van der Waals surface area contributed by atoms with Gasteiger partial charge in [-0.3, -0.25) is 9.20 Å². The number of carbonyl (C=O) groups excluding carboxylic acids is 1. The molecule has 106 valence electrons. The van der Waals surface area contributed by atoms with E-state index in [1.807, 2.05) is 60.6 Å². The molecule has 1 aromatic carbocycles. The summed E-state index contributed by atoms with van der Waals surface area (Å²) < 4.78 is 1.79. The van der Waals surface area contributed by atoms with Crippen LogP contribution < -0.4 is 4.90 Å². The number of imidazole rings is 1. The highest BCUT2D eigenvalue weighted by Gasteiger charge is 2.15. The van der Waals surface area contributed by atoms with Crippen molar-refractivity contribution >= 4 is 29.4 Å². The molecule has 3 aromatic rings. The molecule has 0 aliphatic rings. The molecule has 0 atom stereocenters. The predicted octanol–water partition coefficient (Wildman–Crippen LogP) is 3.44. The molecule has 2 heterocycles. The summed E-state index contributed by atoms with van der Waals surface area (Å²) in [5.74, 6) is 0.672. The minimum Gasteiger partial charge on any atom is -0.353 e. The van der Waals surface area contributed by atoms with E-state index in [-0.39, 0.29) is 0 Å². The molecule has 0 spiro atoms. The summed E-state index contributed by atoms with van der Waals surface area (Å²) in [6.45, 7) is 0.655. The second-order valence-corrected chi connectivity index (χ2v) is 5.29. The summed E-state index contributed by atoms with van der Waals surface area (Å²) in [6, 6.07) is 13.3. The molecule has 0 saturated heterocycles. The molecule has 4 nitrogen and oxygen atoms in total. The van der Waals surface area contributed by atoms with Crippen LogP contribution in [0.4, 0.5) is 5.82 Å². The first kappa shape index (κ1) is 13.6. The van der Waals surface area contributed by atoms with Gasteiger partial charge in [0.1, 0.15) is 11.3 Å². The molecule has 21 heavy (non-hydrogen) atoms. The number of nitrogens with zero attached hydrogens (tertiary/aromatic N) is 3. The standard InChI is InChI=1S/C16H14ClN3O/c1-19(10-12-5-7-13(17)8-6-12)16-14(11-21)20-9-3-2-4-15(20)18-16/h2-9,11H,10H2,1H3. The van der Waals surface area contributed by atoms with Crippen molar-refractivity contribution in [3.05, 3.63) is 64.9 Å². The van der Waals surface area contributed by atoms with Crippen molar-refractivity contribution in [3.8, 4) is 0 Å². The number of fused-ring (bicyclic) bond motifs is 1. The topological polar surface area (TPSA) is 37.6 Å². The molecular weight excluding hydrogens is 286 g/mol. The van der Waals surface area contributed by atoms with Crippen LogP contribution in [-0.4, -0.2) is 22.7 Å². The highest BCUT2D eigenvalue weighted by atomic mass is 35.5. The normalized spacial score (nSPS) is 10.8. The Morgan fingerprint density at radius 2 is 2.00 bits per heavy atom. The number of aldehydes is 1. The largest absolute Gasteiger partial charge is 0.353 e. The molecule has 0 fully saturated rings. The highest BCUT2D eigenvalue weighted by molar-refractivity contribution is 6.30. The number of aromatic nitrogens is 2. The van der Waals surface area contributed by atoms with Gasteiger partial charge in [0.25, 0.3) is 0 Å². The Bertz CT molecular complexity index is 780. The van der Waals surface area contributed by atoms with Gasteiger partial charge in [-0.2, -0.15) is 0 Å². The molecule has 0 aliphatic heterocycles. The zero-order valence-electron chi connectivity index (χ0n) is 11.5. The summed E-state index contributed by atoms with van der Waals surface area (Å²) in [6.07, 6.45) is 2.68. The lowest BCUT2D eigenvalue weighted by Gasteiger charge is -2.17. The van der Waals surface area contributed by atoms with E-state index >= 15 is 0 Å². The van der Waals surface area contributed by atoms with E-state index in [0.717, 1.165) is 17.5 Å². The molecular formula is C16H14ClN3O. The first-order valence-corrected chi connectivity index (χ1v) is 6.94. The van der Waals surface area contributed by atoms with Gasteiger partial charge in [0.2, 0.25) is 0 Å². The van der Waals surface area contributed by atoms with Crippen LogP contribution in [0.3, 0.4) is 0 Å². The van der Waals surface area contributed by atoms with Crippen LogP contribution in [-0.2, 0) is 6.54 Å². The van der Waals surface area contributed by atoms with Crippen LogP contribution in [0, 0.1) is 0 Å². The Kier molecular flexibility index (Phi) is 3.62. The van der Waals surface area contributed by atoms with Gasteiger partial charge in [0.15, 0.2) is 12.1 Å². The third kappa shape index (κ3) is 2.62. The SMILES string of the molecule is CN(Cc1ccc(Cl)cc1)c1nc2ccccn2c1C=O. The molecule has 5 heteroatoms. The number of hydrogen-bond donors (Lipinski definition) is 0. The quantitative estimate of drug-likeness (QED) is 0.693. The molecule has 0 N–H and O–H groups in total. The Balaban J connectivity index is 1.95. The second kappa shape index (κ2) is 5.58. The maximum absolute atomic E-state index is 11.4. The molecule has 0 unspecified atom stereocenters. The van der Waals surface area contributed by atoms with Crippen molar-refractivity contribution in [2.75, 3.05) is 11.9 Å². The van der Waals surface area contributed by atoms with E-state index in [2.05, 4.69) is 4.98 Å². The van der Waals surface area contributed by atoms with E-state index in [4.69, 9.17) is 11.6 Å². The fourth-order valence-electron chi connectivity index (χ4n) is 2.33.